The normalized spacial score (nSPS) is 12.5. The SMILES string of the molecule is Cc1ccc(S(=O)(=O)Nc2ccc(OP(=O)(O)O)c(C(C)C)c2C(C)C)cc1. The van der Waals surface area contributed by atoms with E-state index in [1.165, 1.54) is 24.3 Å². The van der Waals surface area contributed by atoms with Crippen molar-refractivity contribution in [2.24, 2.45) is 0 Å². The van der Waals surface area contributed by atoms with Crippen molar-refractivity contribution in [2.75, 3.05) is 4.72 Å². The molecule has 3 N–H and O–H groups in total. The van der Waals surface area contributed by atoms with E-state index in [0.717, 1.165) is 5.56 Å². The van der Waals surface area contributed by atoms with Gasteiger partial charge in [0.05, 0.1) is 10.6 Å². The Morgan fingerprint density at radius 1 is 0.929 bits per heavy atom. The van der Waals surface area contributed by atoms with Crippen LogP contribution in [0.25, 0.3) is 0 Å². The first-order valence-electron chi connectivity index (χ1n) is 8.83. The molecule has 0 radical (unpaired) electrons. The van der Waals surface area contributed by atoms with Crippen LogP contribution in [0.5, 0.6) is 5.75 Å². The number of hydrogen-bond acceptors (Lipinski definition) is 4. The van der Waals surface area contributed by atoms with E-state index >= 15 is 0 Å². The summed E-state index contributed by atoms with van der Waals surface area (Å²) in [6.07, 6.45) is 0. The van der Waals surface area contributed by atoms with Crippen LogP contribution in [0.15, 0.2) is 41.3 Å². The van der Waals surface area contributed by atoms with Crippen molar-refractivity contribution in [1.82, 2.24) is 0 Å². The standard InChI is InChI=1S/C19H26NO6PS/c1-12(2)18-16(20-28(24,25)15-8-6-14(5)7-9-15)10-11-17(19(18)13(3)4)26-27(21,22)23/h6-13,20H,1-5H3,(H2,21,22,23). The van der Waals surface area contributed by atoms with Gasteiger partial charge in [-0.3, -0.25) is 14.5 Å². The summed E-state index contributed by atoms with van der Waals surface area (Å²) in [5.41, 5.74) is 2.50. The minimum atomic E-state index is -4.75. The molecule has 2 aromatic rings. The average Bonchev–Trinajstić information content (AvgIpc) is 2.54. The highest BCUT2D eigenvalue weighted by atomic mass is 32.2. The van der Waals surface area contributed by atoms with E-state index in [1.54, 1.807) is 12.1 Å². The van der Waals surface area contributed by atoms with Gasteiger partial charge in [-0.2, -0.15) is 0 Å². The largest absolute Gasteiger partial charge is 0.524 e. The number of aryl methyl sites for hydroxylation is 1. The summed E-state index contributed by atoms with van der Waals surface area (Å²) in [7, 11) is -8.57. The van der Waals surface area contributed by atoms with Crippen molar-refractivity contribution in [1.29, 1.82) is 0 Å². The second kappa shape index (κ2) is 8.25. The highest BCUT2D eigenvalue weighted by Gasteiger charge is 2.26. The van der Waals surface area contributed by atoms with E-state index in [-0.39, 0.29) is 22.5 Å². The molecule has 0 spiro atoms. The van der Waals surface area contributed by atoms with Gasteiger partial charge in [0.15, 0.2) is 0 Å². The predicted octanol–water partition coefficient (Wildman–Crippen LogP) is 4.51. The van der Waals surface area contributed by atoms with E-state index < -0.39 is 17.8 Å². The Morgan fingerprint density at radius 3 is 1.93 bits per heavy atom. The summed E-state index contributed by atoms with van der Waals surface area (Å²) in [6, 6.07) is 9.34. The van der Waals surface area contributed by atoms with Crippen LogP contribution in [-0.4, -0.2) is 18.2 Å². The topological polar surface area (TPSA) is 113 Å². The molecule has 0 heterocycles. The molecule has 9 heteroatoms. The predicted molar refractivity (Wildman–Crippen MR) is 109 cm³/mol. The van der Waals surface area contributed by atoms with Gasteiger partial charge in [-0.1, -0.05) is 45.4 Å². The molecule has 7 nitrogen and oxygen atoms in total. The smallest absolute Gasteiger partial charge is 0.404 e. The first kappa shape index (κ1) is 22.4. The van der Waals surface area contributed by atoms with Gasteiger partial charge in [0.1, 0.15) is 5.75 Å². The van der Waals surface area contributed by atoms with Crippen molar-refractivity contribution < 1.29 is 27.3 Å². The van der Waals surface area contributed by atoms with E-state index in [1.807, 2.05) is 34.6 Å². The Labute approximate surface area is 166 Å². The third-order valence-electron chi connectivity index (χ3n) is 4.19. The zero-order valence-electron chi connectivity index (χ0n) is 16.5. The van der Waals surface area contributed by atoms with Crippen LogP contribution in [0.4, 0.5) is 5.69 Å². The molecular weight excluding hydrogens is 401 g/mol. The van der Waals surface area contributed by atoms with Gasteiger partial charge in [-0.15, -0.1) is 0 Å². The zero-order valence-corrected chi connectivity index (χ0v) is 18.2. The summed E-state index contributed by atoms with van der Waals surface area (Å²) in [4.78, 5) is 18.6. The van der Waals surface area contributed by atoms with Crippen LogP contribution >= 0.6 is 7.82 Å². The van der Waals surface area contributed by atoms with Crippen molar-refractivity contribution in [3.8, 4) is 5.75 Å². The Balaban J connectivity index is 2.59. The number of sulfonamides is 1. The number of hydrogen-bond donors (Lipinski definition) is 3. The molecular formula is C19H26NO6PS. The van der Waals surface area contributed by atoms with Crippen LogP contribution in [0.3, 0.4) is 0 Å². The number of rotatable bonds is 7. The molecule has 0 aliphatic heterocycles. The fourth-order valence-electron chi connectivity index (χ4n) is 3.05. The molecule has 28 heavy (non-hydrogen) atoms. The first-order valence-corrected chi connectivity index (χ1v) is 11.8. The second-order valence-corrected chi connectivity index (χ2v) is 10.1. The van der Waals surface area contributed by atoms with Crippen molar-refractivity contribution in [3.05, 3.63) is 53.1 Å². The molecule has 0 unspecified atom stereocenters. The Morgan fingerprint density at radius 2 is 1.46 bits per heavy atom. The van der Waals surface area contributed by atoms with E-state index in [0.29, 0.717) is 16.8 Å². The van der Waals surface area contributed by atoms with Crippen molar-refractivity contribution in [2.45, 2.75) is 51.3 Å². The van der Waals surface area contributed by atoms with Gasteiger partial charge in [0.2, 0.25) is 0 Å². The molecule has 0 aliphatic rings. The number of benzene rings is 2. The van der Waals surface area contributed by atoms with E-state index in [4.69, 9.17) is 4.52 Å². The maximum Gasteiger partial charge on any atom is 0.524 e. The third-order valence-corrected chi connectivity index (χ3v) is 6.01. The zero-order chi connectivity index (χ0) is 21.3. The Kier molecular flexibility index (Phi) is 6.61. The lowest BCUT2D eigenvalue weighted by molar-refractivity contribution is 0.282. The minimum absolute atomic E-state index is 0.0466. The highest BCUT2D eigenvalue weighted by Crippen LogP contribution is 2.45. The third kappa shape index (κ3) is 5.35. The van der Waals surface area contributed by atoms with Crippen LogP contribution in [0, 0.1) is 6.92 Å². The lowest BCUT2D eigenvalue weighted by Crippen LogP contribution is -2.16. The number of nitrogens with one attached hydrogen (secondary N) is 1. The summed E-state index contributed by atoms with van der Waals surface area (Å²) in [5.74, 6) is -0.221. The summed E-state index contributed by atoms with van der Waals surface area (Å²) < 4.78 is 44.4. The minimum Gasteiger partial charge on any atom is -0.404 e. The number of anilines is 1. The fraction of sp³-hybridized carbons (Fsp3) is 0.368. The summed E-state index contributed by atoms with van der Waals surface area (Å²) in [5, 5.41) is 0. The molecule has 0 atom stereocenters. The molecule has 0 saturated carbocycles. The second-order valence-electron chi connectivity index (χ2n) is 7.25. The molecule has 0 aliphatic carbocycles. The molecule has 2 rings (SSSR count). The lowest BCUT2D eigenvalue weighted by atomic mass is 9.88. The molecule has 0 amide bonds. The van der Waals surface area contributed by atoms with Gasteiger partial charge >= 0.3 is 7.82 Å². The molecule has 0 fully saturated rings. The maximum atomic E-state index is 12.8. The molecule has 154 valence electrons. The summed E-state index contributed by atoms with van der Waals surface area (Å²) >= 11 is 0. The molecule has 0 aromatic heterocycles. The monoisotopic (exact) mass is 427 g/mol. The van der Waals surface area contributed by atoms with Crippen LogP contribution in [0.1, 0.15) is 56.2 Å². The number of phosphoric ester groups is 1. The number of phosphoric acid groups is 1. The van der Waals surface area contributed by atoms with Crippen molar-refractivity contribution in [3.63, 3.8) is 0 Å². The maximum absolute atomic E-state index is 12.8. The highest BCUT2D eigenvalue weighted by molar-refractivity contribution is 7.92. The Bertz CT molecular complexity index is 994. The van der Waals surface area contributed by atoms with Crippen LogP contribution in [0.2, 0.25) is 0 Å². The van der Waals surface area contributed by atoms with Gasteiger partial charge in [0, 0.05) is 5.56 Å². The molecule has 0 bridgehead atoms. The molecule has 2 aromatic carbocycles. The first-order chi connectivity index (χ1) is 12.8. The quantitative estimate of drug-likeness (QED) is 0.560. The molecule has 0 saturated heterocycles. The van der Waals surface area contributed by atoms with Crippen LogP contribution < -0.4 is 9.25 Å². The van der Waals surface area contributed by atoms with Gasteiger partial charge in [-0.25, -0.2) is 13.0 Å². The van der Waals surface area contributed by atoms with Gasteiger partial charge in [-0.05, 0) is 48.6 Å². The fourth-order valence-corrected chi connectivity index (χ4v) is 4.55. The van der Waals surface area contributed by atoms with E-state index in [9.17, 15) is 22.8 Å². The Hall–Kier alpha value is -1.86. The van der Waals surface area contributed by atoms with Gasteiger partial charge < -0.3 is 4.52 Å². The van der Waals surface area contributed by atoms with E-state index in [2.05, 4.69) is 4.72 Å². The van der Waals surface area contributed by atoms with Crippen molar-refractivity contribution >= 4 is 23.5 Å². The van der Waals surface area contributed by atoms with Gasteiger partial charge in [0.25, 0.3) is 10.0 Å². The lowest BCUT2D eigenvalue weighted by Gasteiger charge is -2.24. The van der Waals surface area contributed by atoms with Crippen LogP contribution in [-0.2, 0) is 14.6 Å². The average molecular weight is 427 g/mol. The summed E-state index contributed by atoms with van der Waals surface area (Å²) in [6.45, 7) is 9.34.